The lowest BCUT2D eigenvalue weighted by Gasteiger charge is -2.31. The maximum absolute atomic E-state index is 11.9. The van der Waals surface area contributed by atoms with Gasteiger partial charge >= 0.3 is 12.0 Å². The van der Waals surface area contributed by atoms with Crippen molar-refractivity contribution >= 4 is 12.0 Å². The number of morpholine rings is 1. The molecule has 1 saturated heterocycles. The van der Waals surface area contributed by atoms with E-state index in [2.05, 4.69) is 0 Å². The smallest absolute Gasteiger partial charge is 0.319 e. The molecule has 0 bridgehead atoms. The number of hydrogen-bond donors (Lipinski definition) is 1. The molecule has 1 heterocycles. The first kappa shape index (κ1) is 12.8. The number of hydrogen-bond acceptors (Lipinski definition) is 3. The van der Waals surface area contributed by atoms with Crippen LogP contribution in [0, 0.1) is 5.92 Å². The Bertz CT molecular complexity index is 264. The van der Waals surface area contributed by atoms with Gasteiger partial charge in [0, 0.05) is 26.7 Å². The lowest BCUT2D eigenvalue weighted by Crippen LogP contribution is -2.48. The van der Waals surface area contributed by atoms with Crippen LogP contribution in [0.25, 0.3) is 0 Å². The Balaban J connectivity index is 2.43. The van der Waals surface area contributed by atoms with Crippen molar-refractivity contribution in [2.75, 3.05) is 39.9 Å². The summed E-state index contributed by atoms with van der Waals surface area (Å²) in [5.41, 5.74) is 0. The molecule has 1 aliphatic rings. The predicted octanol–water partition coefficient (Wildman–Crippen LogP) is 0.0911. The van der Waals surface area contributed by atoms with E-state index in [1.165, 1.54) is 4.90 Å². The molecule has 0 aromatic rings. The summed E-state index contributed by atoms with van der Waals surface area (Å²) < 4.78 is 5.14. The third kappa shape index (κ3) is 3.37. The molecule has 0 aromatic carbocycles. The van der Waals surface area contributed by atoms with Crippen molar-refractivity contribution in [3.63, 3.8) is 0 Å². The molecular formula is C10H18N2O4. The molecule has 1 N–H and O–H groups in total. The van der Waals surface area contributed by atoms with Gasteiger partial charge in [-0.2, -0.15) is 0 Å². The number of urea groups is 1. The third-order valence-electron chi connectivity index (χ3n) is 2.58. The maximum Gasteiger partial charge on any atom is 0.319 e. The molecule has 1 fully saturated rings. The van der Waals surface area contributed by atoms with Gasteiger partial charge in [0.05, 0.1) is 19.1 Å². The van der Waals surface area contributed by atoms with Crippen LogP contribution >= 0.6 is 0 Å². The summed E-state index contributed by atoms with van der Waals surface area (Å²) in [5, 5.41) is 8.75. The number of nitrogens with zero attached hydrogens (tertiary/aromatic N) is 2. The first-order valence-electron chi connectivity index (χ1n) is 5.33. The summed E-state index contributed by atoms with van der Waals surface area (Å²) in [6.45, 7) is 4.06. The second-order valence-electron chi connectivity index (χ2n) is 4.00. The second kappa shape index (κ2) is 5.69. The summed E-state index contributed by atoms with van der Waals surface area (Å²) in [5.74, 6) is -1.43. The highest BCUT2D eigenvalue weighted by Gasteiger charge is 2.23. The van der Waals surface area contributed by atoms with E-state index in [-0.39, 0.29) is 12.6 Å². The SMILES string of the molecule is CC(CN(C)C(=O)N1CCOCC1)C(=O)O. The quantitative estimate of drug-likeness (QED) is 0.746. The van der Waals surface area contributed by atoms with Crippen LogP contribution in [-0.2, 0) is 9.53 Å². The molecular weight excluding hydrogens is 212 g/mol. The zero-order valence-electron chi connectivity index (χ0n) is 9.68. The zero-order valence-corrected chi connectivity index (χ0v) is 9.68. The van der Waals surface area contributed by atoms with Gasteiger partial charge in [-0.15, -0.1) is 0 Å². The van der Waals surface area contributed by atoms with Crippen molar-refractivity contribution in [3.8, 4) is 0 Å². The van der Waals surface area contributed by atoms with E-state index in [0.29, 0.717) is 26.3 Å². The Morgan fingerprint density at radius 3 is 2.50 bits per heavy atom. The van der Waals surface area contributed by atoms with Crippen LogP contribution in [0.4, 0.5) is 4.79 Å². The Hall–Kier alpha value is -1.30. The van der Waals surface area contributed by atoms with Gasteiger partial charge in [-0.1, -0.05) is 6.92 Å². The van der Waals surface area contributed by atoms with Gasteiger partial charge in [-0.25, -0.2) is 4.79 Å². The maximum atomic E-state index is 11.9. The summed E-state index contributed by atoms with van der Waals surface area (Å²) in [6, 6.07) is -0.128. The first-order chi connectivity index (χ1) is 7.52. The Morgan fingerprint density at radius 1 is 1.44 bits per heavy atom. The fraction of sp³-hybridized carbons (Fsp3) is 0.800. The van der Waals surface area contributed by atoms with E-state index in [0.717, 1.165) is 0 Å². The van der Waals surface area contributed by atoms with E-state index < -0.39 is 11.9 Å². The molecule has 0 aliphatic carbocycles. The molecule has 0 saturated carbocycles. The number of aliphatic carboxylic acids is 1. The molecule has 6 nitrogen and oxygen atoms in total. The second-order valence-corrected chi connectivity index (χ2v) is 4.00. The van der Waals surface area contributed by atoms with Crippen molar-refractivity contribution in [2.45, 2.75) is 6.92 Å². The number of carboxylic acids is 1. The zero-order chi connectivity index (χ0) is 12.1. The highest BCUT2D eigenvalue weighted by Crippen LogP contribution is 2.05. The van der Waals surface area contributed by atoms with Gasteiger partial charge < -0.3 is 19.6 Å². The fourth-order valence-corrected chi connectivity index (χ4v) is 1.56. The molecule has 92 valence electrons. The largest absolute Gasteiger partial charge is 0.481 e. The van der Waals surface area contributed by atoms with E-state index >= 15 is 0 Å². The van der Waals surface area contributed by atoms with Gasteiger partial charge in [0.15, 0.2) is 0 Å². The van der Waals surface area contributed by atoms with E-state index in [4.69, 9.17) is 9.84 Å². The van der Waals surface area contributed by atoms with Crippen LogP contribution in [0.1, 0.15) is 6.92 Å². The minimum atomic E-state index is -0.887. The number of rotatable bonds is 3. The standard InChI is InChI=1S/C10H18N2O4/c1-8(9(13)14)7-11(2)10(15)12-3-5-16-6-4-12/h8H,3-7H2,1-2H3,(H,13,14). The molecule has 1 rings (SSSR count). The normalized spacial score (nSPS) is 18.0. The monoisotopic (exact) mass is 230 g/mol. The summed E-state index contributed by atoms with van der Waals surface area (Å²) in [7, 11) is 1.62. The highest BCUT2D eigenvalue weighted by atomic mass is 16.5. The number of carbonyl (C=O) groups is 2. The van der Waals surface area contributed by atoms with Gasteiger partial charge in [-0.05, 0) is 0 Å². The topological polar surface area (TPSA) is 70.1 Å². The van der Waals surface area contributed by atoms with Crippen molar-refractivity contribution in [1.82, 2.24) is 9.80 Å². The number of ether oxygens (including phenoxy) is 1. The number of carboxylic acid groups (broad SMARTS) is 1. The van der Waals surface area contributed by atoms with Crippen LogP contribution < -0.4 is 0 Å². The number of amides is 2. The van der Waals surface area contributed by atoms with Crippen molar-refractivity contribution < 1.29 is 19.4 Å². The van der Waals surface area contributed by atoms with Crippen LogP contribution in [0.15, 0.2) is 0 Å². The van der Waals surface area contributed by atoms with E-state index in [1.54, 1.807) is 18.9 Å². The van der Waals surface area contributed by atoms with Crippen LogP contribution in [-0.4, -0.2) is 66.8 Å². The molecule has 1 unspecified atom stereocenters. The number of carbonyl (C=O) groups excluding carboxylic acids is 1. The Morgan fingerprint density at radius 2 is 2.00 bits per heavy atom. The van der Waals surface area contributed by atoms with Crippen molar-refractivity contribution in [1.29, 1.82) is 0 Å². The molecule has 2 amide bonds. The third-order valence-corrected chi connectivity index (χ3v) is 2.58. The Kier molecular flexibility index (Phi) is 4.54. The molecule has 1 atom stereocenters. The predicted molar refractivity (Wildman–Crippen MR) is 57.2 cm³/mol. The van der Waals surface area contributed by atoms with Crippen LogP contribution in [0.3, 0.4) is 0 Å². The van der Waals surface area contributed by atoms with Crippen LogP contribution in [0.5, 0.6) is 0 Å². The summed E-state index contributed by atoms with van der Waals surface area (Å²) in [4.78, 5) is 25.6. The van der Waals surface area contributed by atoms with Crippen molar-refractivity contribution in [2.24, 2.45) is 5.92 Å². The lowest BCUT2D eigenvalue weighted by atomic mass is 10.2. The van der Waals surface area contributed by atoms with E-state index in [9.17, 15) is 9.59 Å². The fourth-order valence-electron chi connectivity index (χ4n) is 1.56. The molecule has 1 aliphatic heterocycles. The minimum absolute atomic E-state index is 0.128. The van der Waals surface area contributed by atoms with Crippen LogP contribution in [0.2, 0.25) is 0 Å². The Labute approximate surface area is 94.8 Å². The molecule has 0 radical (unpaired) electrons. The van der Waals surface area contributed by atoms with Crippen molar-refractivity contribution in [3.05, 3.63) is 0 Å². The highest BCUT2D eigenvalue weighted by molar-refractivity contribution is 5.76. The van der Waals surface area contributed by atoms with E-state index in [1.807, 2.05) is 0 Å². The summed E-state index contributed by atoms with van der Waals surface area (Å²) >= 11 is 0. The average Bonchev–Trinajstić information content (AvgIpc) is 2.28. The minimum Gasteiger partial charge on any atom is -0.481 e. The summed E-state index contributed by atoms with van der Waals surface area (Å²) in [6.07, 6.45) is 0. The first-order valence-corrected chi connectivity index (χ1v) is 5.33. The molecule has 16 heavy (non-hydrogen) atoms. The lowest BCUT2D eigenvalue weighted by molar-refractivity contribution is -0.141. The van der Waals surface area contributed by atoms with Gasteiger partial charge in [0.25, 0.3) is 0 Å². The van der Waals surface area contributed by atoms with Gasteiger partial charge in [0.2, 0.25) is 0 Å². The molecule has 0 aromatic heterocycles. The molecule has 6 heteroatoms. The van der Waals surface area contributed by atoms with Gasteiger partial charge in [0.1, 0.15) is 0 Å². The molecule has 0 spiro atoms. The average molecular weight is 230 g/mol. The van der Waals surface area contributed by atoms with Gasteiger partial charge in [-0.3, -0.25) is 4.79 Å².